The first-order valence-electron chi connectivity index (χ1n) is 8.76. The van der Waals surface area contributed by atoms with E-state index in [4.69, 9.17) is 0 Å². The molecule has 124 valence electrons. The molecule has 2 saturated carbocycles. The minimum Gasteiger partial charge on any atom is -0.348 e. The summed E-state index contributed by atoms with van der Waals surface area (Å²) in [5, 5.41) is 5.61. The van der Waals surface area contributed by atoms with E-state index < -0.39 is 11.8 Å². The number of nitrogens with one attached hydrogen (secondary N) is 2. The molecule has 3 rings (SSSR count). The summed E-state index contributed by atoms with van der Waals surface area (Å²) in [5.41, 5.74) is 1.16. The van der Waals surface area contributed by atoms with E-state index in [0.29, 0.717) is 12.5 Å². The van der Waals surface area contributed by atoms with Crippen LogP contribution in [0.4, 0.5) is 0 Å². The second-order valence-electron chi connectivity index (χ2n) is 7.09. The van der Waals surface area contributed by atoms with Crippen LogP contribution in [0.5, 0.6) is 0 Å². The molecule has 2 aliphatic carbocycles. The fraction of sp³-hybridized carbons (Fsp3) is 0.579. The van der Waals surface area contributed by atoms with E-state index >= 15 is 0 Å². The molecule has 0 spiro atoms. The number of carbonyl (C=O) groups is 2. The Kier molecular flexibility index (Phi) is 4.99. The third kappa shape index (κ3) is 3.92. The van der Waals surface area contributed by atoms with Gasteiger partial charge >= 0.3 is 11.8 Å². The van der Waals surface area contributed by atoms with Crippen LogP contribution < -0.4 is 10.6 Å². The zero-order valence-electron chi connectivity index (χ0n) is 13.8. The third-order valence-corrected chi connectivity index (χ3v) is 5.54. The summed E-state index contributed by atoms with van der Waals surface area (Å²) >= 11 is 0. The predicted octanol–water partition coefficient (Wildman–Crippen LogP) is 2.29. The Morgan fingerprint density at radius 3 is 2.57 bits per heavy atom. The Labute approximate surface area is 138 Å². The monoisotopic (exact) mass is 314 g/mol. The maximum Gasteiger partial charge on any atom is 0.309 e. The van der Waals surface area contributed by atoms with Crippen LogP contribution in [0.15, 0.2) is 30.3 Å². The number of carbonyl (C=O) groups excluding carboxylic acids is 2. The molecule has 0 aliphatic heterocycles. The van der Waals surface area contributed by atoms with Crippen molar-refractivity contribution in [1.82, 2.24) is 10.6 Å². The molecule has 0 heterocycles. The van der Waals surface area contributed by atoms with Crippen LogP contribution in [0, 0.1) is 17.8 Å². The first-order chi connectivity index (χ1) is 11.1. The quantitative estimate of drug-likeness (QED) is 0.819. The van der Waals surface area contributed by atoms with Crippen molar-refractivity contribution in [3.8, 4) is 0 Å². The summed E-state index contributed by atoms with van der Waals surface area (Å²) in [7, 11) is 0. The zero-order chi connectivity index (χ0) is 16.2. The molecule has 0 saturated heterocycles. The number of benzene rings is 1. The van der Waals surface area contributed by atoms with Gasteiger partial charge in [-0.25, -0.2) is 0 Å². The van der Waals surface area contributed by atoms with E-state index in [2.05, 4.69) is 10.6 Å². The number of hydrogen-bond donors (Lipinski definition) is 2. The molecule has 2 aliphatic rings. The standard InChI is InChI=1S/C19H26N2O2/c1-13(17-12-15-7-8-16(17)11-15)21-19(23)18(22)20-10-9-14-5-3-2-4-6-14/h2-6,13,15-17H,7-12H2,1H3,(H,20,22)(H,21,23). The Morgan fingerprint density at radius 1 is 1.13 bits per heavy atom. The molecule has 1 aromatic carbocycles. The van der Waals surface area contributed by atoms with E-state index in [0.717, 1.165) is 23.8 Å². The summed E-state index contributed by atoms with van der Waals surface area (Å²) < 4.78 is 0. The lowest BCUT2D eigenvalue weighted by molar-refractivity contribution is -0.139. The van der Waals surface area contributed by atoms with Crippen LogP contribution in [0.25, 0.3) is 0 Å². The molecule has 4 heteroatoms. The normalized spacial score (nSPS) is 26.7. The Hall–Kier alpha value is -1.84. The van der Waals surface area contributed by atoms with E-state index in [-0.39, 0.29) is 6.04 Å². The molecule has 0 radical (unpaired) electrons. The minimum absolute atomic E-state index is 0.0951. The number of fused-ring (bicyclic) bond motifs is 2. The fourth-order valence-electron chi connectivity index (χ4n) is 4.33. The average Bonchev–Trinajstić information content (AvgIpc) is 3.18. The van der Waals surface area contributed by atoms with Crippen LogP contribution in [0.1, 0.15) is 38.2 Å². The van der Waals surface area contributed by atoms with Gasteiger partial charge in [-0.1, -0.05) is 36.8 Å². The SMILES string of the molecule is CC(NC(=O)C(=O)NCCc1ccccc1)C1CC2CCC1C2. The van der Waals surface area contributed by atoms with Crippen molar-refractivity contribution in [3.05, 3.63) is 35.9 Å². The summed E-state index contributed by atoms with van der Waals surface area (Å²) in [4.78, 5) is 24.0. The van der Waals surface area contributed by atoms with Crippen molar-refractivity contribution < 1.29 is 9.59 Å². The van der Waals surface area contributed by atoms with Crippen molar-refractivity contribution in [2.45, 2.75) is 45.1 Å². The van der Waals surface area contributed by atoms with Gasteiger partial charge in [0.15, 0.2) is 0 Å². The molecule has 2 amide bonds. The van der Waals surface area contributed by atoms with Gasteiger partial charge in [0.1, 0.15) is 0 Å². The van der Waals surface area contributed by atoms with E-state index in [1.54, 1.807) is 0 Å². The molecular weight excluding hydrogens is 288 g/mol. The van der Waals surface area contributed by atoms with Crippen LogP contribution in [0.3, 0.4) is 0 Å². The topological polar surface area (TPSA) is 58.2 Å². The van der Waals surface area contributed by atoms with Gasteiger partial charge < -0.3 is 10.6 Å². The van der Waals surface area contributed by atoms with Crippen LogP contribution in [-0.4, -0.2) is 24.4 Å². The summed E-state index contributed by atoms with van der Waals surface area (Å²) in [6.45, 7) is 2.53. The molecule has 1 aromatic rings. The largest absolute Gasteiger partial charge is 0.348 e. The third-order valence-electron chi connectivity index (χ3n) is 5.54. The molecule has 2 fully saturated rings. The highest BCUT2D eigenvalue weighted by Gasteiger charge is 2.42. The lowest BCUT2D eigenvalue weighted by Crippen LogP contribution is -2.47. The highest BCUT2D eigenvalue weighted by molar-refractivity contribution is 6.35. The summed E-state index contributed by atoms with van der Waals surface area (Å²) in [6, 6.07) is 10.0. The number of hydrogen-bond acceptors (Lipinski definition) is 2. The lowest BCUT2D eigenvalue weighted by atomic mass is 9.84. The van der Waals surface area contributed by atoms with E-state index in [1.807, 2.05) is 37.3 Å². The van der Waals surface area contributed by atoms with Crippen molar-refractivity contribution in [2.75, 3.05) is 6.54 Å². The lowest BCUT2D eigenvalue weighted by Gasteiger charge is -2.28. The second kappa shape index (κ2) is 7.16. The van der Waals surface area contributed by atoms with Crippen LogP contribution >= 0.6 is 0 Å². The maximum atomic E-state index is 12.0. The molecule has 4 atom stereocenters. The van der Waals surface area contributed by atoms with Crippen molar-refractivity contribution >= 4 is 11.8 Å². The van der Waals surface area contributed by atoms with Gasteiger partial charge in [0.05, 0.1) is 0 Å². The smallest absolute Gasteiger partial charge is 0.309 e. The molecular formula is C19H26N2O2. The molecule has 0 aromatic heterocycles. The van der Waals surface area contributed by atoms with Gasteiger partial charge in [-0.05, 0) is 55.9 Å². The van der Waals surface area contributed by atoms with Gasteiger partial charge in [0, 0.05) is 12.6 Å². The van der Waals surface area contributed by atoms with Gasteiger partial charge in [0.2, 0.25) is 0 Å². The van der Waals surface area contributed by atoms with Crippen molar-refractivity contribution in [2.24, 2.45) is 17.8 Å². The predicted molar refractivity (Wildman–Crippen MR) is 89.7 cm³/mol. The first kappa shape index (κ1) is 16.0. The van der Waals surface area contributed by atoms with Crippen LogP contribution in [0.2, 0.25) is 0 Å². The molecule has 4 nitrogen and oxygen atoms in total. The minimum atomic E-state index is -0.518. The van der Waals surface area contributed by atoms with E-state index in [9.17, 15) is 9.59 Å². The van der Waals surface area contributed by atoms with Crippen molar-refractivity contribution in [1.29, 1.82) is 0 Å². The molecule has 4 unspecified atom stereocenters. The number of amides is 2. The Morgan fingerprint density at radius 2 is 1.91 bits per heavy atom. The summed E-state index contributed by atoms with van der Waals surface area (Å²) in [5.74, 6) is 1.14. The van der Waals surface area contributed by atoms with Crippen molar-refractivity contribution in [3.63, 3.8) is 0 Å². The van der Waals surface area contributed by atoms with Crippen LogP contribution in [-0.2, 0) is 16.0 Å². The van der Waals surface area contributed by atoms with Gasteiger partial charge in [-0.2, -0.15) is 0 Å². The van der Waals surface area contributed by atoms with Gasteiger partial charge in [0.25, 0.3) is 0 Å². The van der Waals surface area contributed by atoms with Gasteiger partial charge in [-0.3, -0.25) is 9.59 Å². The zero-order valence-corrected chi connectivity index (χ0v) is 13.8. The first-order valence-corrected chi connectivity index (χ1v) is 8.76. The average molecular weight is 314 g/mol. The fourth-order valence-corrected chi connectivity index (χ4v) is 4.33. The maximum absolute atomic E-state index is 12.0. The highest BCUT2D eigenvalue weighted by Crippen LogP contribution is 2.49. The van der Waals surface area contributed by atoms with Gasteiger partial charge in [-0.15, -0.1) is 0 Å². The molecule has 2 N–H and O–H groups in total. The Balaban J connectivity index is 1.40. The molecule has 23 heavy (non-hydrogen) atoms. The number of rotatable bonds is 5. The Bertz CT molecular complexity index is 558. The highest BCUT2D eigenvalue weighted by atomic mass is 16.2. The molecule has 2 bridgehead atoms. The van der Waals surface area contributed by atoms with E-state index in [1.165, 1.54) is 25.7 Å². The summed E-state index contributed by atoms with van der Waals surface area (Å²) in [6.07, 6.45) is 5.90. The second-order valence-corrected chi connectivity index (χ2v) is 7.09.